The number of hydrogen-bond donors (Lipinski definition) is 0. The molecule has 0 unspecified atom stereocenters. The van der Waals surface area contributed by atoms with Crippen molar-refractivity contribution < 1.29 is 14.3 Å². The highest BCUT2D eigenvalue weighted by Gasteiger charge is 2.33. The fourth-order valence-corrected chi connectivity index (χ4v) is 4.35. The van der Waals surface area contributed by atoms with Crippen LogP contribution < -0.4 is 0 Å². The summed E-state index contributed by atoms with van der Waals surface area (Å²) in [5, 5.41) is 4.59. The fourth-order valence-electron chi connectivity index (χ4n) is 4.35. The first-order chi connectivity index (χ1) is 15.2. The van der Waals surface area contributed by atoms with Gasteiger partial charge in [0.25, 0.3) is 5.91 Å². The van der Waals surface area contributed by atoms with Crippen molar-refractivity contribution in [2.75, 3.05) is 32.7 Å². The van der Waals surface area contributed by atoms with Gasteiger partial charge in [-0.25, -0.2) is 4.79 Å². The number of fused-ring (bicyclic) bond motifs is 1. The molecule has 2 amide bonds. The zero-order chi connectivity index (χ0) is 22.9. The van der Waals surface area contributed by atoms with Crippen molar-refractivity contribution in [2.45, 2.75) is 45.9 Å². The lowest BCUT2D eigenvalue weighted by molar-refractivity contribution is 0.0221. The Balaban J connectivity index is 1.42. The Morgan fingerprint density at radius 1 is 1.00 bits per heavy atom. The molecule has 0 bridgehead atoms. The van der Waals surface area contributed by atoms with E-state index in [9.17, 15) is 9.59 Å². The summed E-state index contributed by atoms with van der Waals surface area (Å²) in [4.78, 5) is 32.0. The second kappa shape index (κ2) is 8.94. The summed E-state index contributed by atoms with van der Waals surface area (Å²) in [6.45, 7) is 10.4. The highest BCUT2D eigenvalue weighted by atomic mass is 16.6. The number of rotatable bonds is 3. The molecule has 0 atom stereocenters. The first-order valence-corrected chi connectivity index (χ1v) is 11.3. The van der Waals surface area contributed by atoms with E-state index >= 15 is 0 Å². The number of benzene rings is 1. The maximum Gasteiger partial charge on any atom is 0.410 e. The van der Waals surface area contributed by atoms with Crippen molar-refractivity contribution in [3.05, 3.63) is 52.8 Å². The fraction of sp³-hybridized carbons (Fsp3) is 0.542. The van der Waals surface area contributed by atoms with Crippen LogP contribution >= 0.6 is 0 Å². The van der Waals surface area contributed by atoms with Crippen molar-refractivity contribution >= 4 is 12.0 Å². The molecule has 4 rings (SSSR count). The molecule has 172 valence electrons. The van der Waals surface area contributed by atoms with Gasteiger partial charge in [-0.15, -0.1) is 0 Å². The number of aryl methyl sites for hydroxylation is 1. The van der Waals surface area contributed by atoms with E-state index in [0.29, 0.717) is 38.3 Å². The predicted octanol–water partition coefficient (Wildman–Crippen LogP) is 2.67. The SMILES string of the molecule is Cn1nc2c(c1C(=O)N1CCN(Cc3ccccc3)CC1)CN(C(=O)OC(C)(C)C)CC2. The van der Waals surface area contributed by atoms with Crippen LogP contribution in [0, 0.1) is 0 Å². The van der Waals surface area contributed by atoms with E-state index in [1.54, 1.807) is 9.58 Å². The maximum atomic E-state index is 13.4. The highest BCUT2D eigenvalue weighted by Crippen LogP contribution is 2.25. The van der Waals surface area contributed by atoms with Crippen LogP contribution in [0.1, 0.15) is 48.1 Å². The molecule has 1 fully saturated rings. The standard InChI is InChI=1S/C24H33N5O3/c1-24(2,3)32-23(31)29-11-10-20-19(17-29)21(26(4)25-20)22(30)28-14-12-27(13-15-28)16-18-8-6-5-7-9-18/h5-9H,10-17H2,1-4H3. The number of amides is 2. The summed E-state index contributed by atoms with van der Waals surface area (Å²) in [6.07, 6.45) is 0.278. The molecule has 8 heteroatoms. The summed E-state index contributed by atoms with van der Waals surface area (Å²) in [5.74, 6) is -0.00773. The van der Waals surface area contributed by atoms with Crippen molar-refractivity contribution in [1.82, 2.24) is 24.5 Å². The predicted molar refractivity (Wildman–Crippen MR) is 121 cm³/mol. The summed E-state index contributed by atoms with van der Waals surface area (Å²) in [6, 6.07) is 10.4. The molecule has 3 heterocycles. The lowest BCUT2D eigenvalue weighted by atomic mass is 10.0. The number of hydrogen-bond acceptors (Lipinski definition) is 5. The lowest BCUT2D eigenvalue weighted by Crippen LogP contribution is -2.49. The van der Waals surface area contributed by atoms with E-state index in [0.717, 1.165) is 30.9 Å². The normalized spacial score (nSPS) is 17.2. The second-order valence-corrected chi connectivity index (χ2v) is 9.60. The average molecular weight is 440 g/mol. The number of carbonyl (C=O) groups excluding carboxylic acids is 2. The molecule has 0 spiro atoms. The number of ether oxygens (including phenoxy) is 1. The third-order valence-electron chi connectivity index (χ3n) is 5.96. The van der Waals surface area contributed by atoms with Gasteiger partial charge in [0.2, 0.25) is 0 Å². The molecule has 2 aromatic rings. The summed E-state index contributed by atoms with van der Waals surface area (Å²) >= 11 is 0. The molecule has 0 N–H and O–H groups in total. The van der Waals surface area contributed by atoms with E-state index in [1.165, 1.54) is 5.56 Å². The van der Waals surface area contributed by atoms with Gasteiger partial charge in [-0.05, 0) is 26.3 Å². The molecular weight excluding hydrogens is 406 g/mol. The van der Waals surface area contributed by atoms with Crippen LogP contribution in [0.2, 0.25) is 0 Å². The molecule has 2 aliphatic rings. The minimum atomic E-state index is -0.551. The van der Waals surface area contributed by atoms with Gasteiger partial charge >= 0.3 is 6.09 Å². The third kappa shape index (κ3) is 4.96. The Morgan fingerprint density at radius 2 is 1.69 bits per heavy atom. The summed E-state index contributed by atoms with van der Waals surface area (Å²) < 4.78 is 7.22. The van der Waals surface area contributed by atoms with Crippen LogP contribution in [0.15, 0.2) is 30.3 Å². The van der Waals surface area contributed by atoms with Crippen LogP contribution in [0.5, 0.6) is 0 Å². The second-order valence-electron chi connectivity index (χ2n) is 9.60. The molecule has 8 nitrogen and oxygen atoms in total. The van der Waals surface area contributed by atoms with Gasteiger partial charge < -0.3 is 14.5 Å². The minimum absolute atomic E-state index is 0.00773. The molecule has 32 heavy (non-hydrogen) atoms. The molecular formula is C24H33N5O3. The molecule has 0 saturated carbocycles. The number of aromatic nitrogens is 2. The van der Waals surface area contributed by atoms with Gasteiger partial charge in [0.1, 0.15) is 11.3 Å². The maximum absolute atomic E-state index is 13.4. The Morgan fingerprint density at radius 3 is 2.34 bits per heavy atom. The Hall–Kier alpha value is -2.87. The van der Waals surface area contributed by atoms with Crippen LogP contribution in [0.4, 0.5) is 4.79 Å². The molecule has 2 aliphatic heterocycles. The van der Waals surface area contributed by atoms with Crippen molar-refractivity contribution in [3.8, 4) is 0 Å². The van der Waals surface area contributed by atoms with Gasteiger partial charge in [-0.2, -0.15) is 5.10 Å². The first kappa shape index (κ1) is 22.3. The Kier molecular flexibility index (Phi) is 6.24. The van der Waals surface area contributed by atoms with Gasteiger partial charge in [-0.1, -0.05) is 30.3 Å². The third-order valence-corrected chi connectivity index (χ3v) is 5.96. The lowest BCUT2D eigenvalue weighted by Gasteiger charge is -2.35. The van der Waals surface area contributed by atoms with E-state index < -0.39 is 5.60 Å². The van der Waals surface area contributed by atoms with Crippen LogP contribution in [0.25, 0.3) is 0 Å². The minimum Gasteiger partial charge on any atom is -0.444 e. The largest absolute Gasteiger partial charge is 0.444 e. The average Bonchev–Trinajstić information content (AvgIpc) is 3.08. The molecule has 0 radical (unpaired) electrons. The van der Waals surface area contributed by atoms with Crippen molar-refractivity contribution in [2.24, 2.45) is 7.05 Å². The van der Waals surface area contributed by atoms with Crippen molar-refractivity contribution in [1.29, 1.82) is 0 Å². The van der Waals surface area contributed by atoms with Crippen molar-refractivity contribution in [3.63, 3.8) is 0 Å². The number of carbonyl (C=O) groups is 2. The van der Waals surface area contributed by atoms with Crippen LogP contribution in [-0.4, -0.2) is 74.8 Å². The first-order valence-electron chi connectivity index (χ1n) is 11.3. The van der Waals surface area contributed by atoms with E-state index in [2.05, 4.69) is 34.3 Å². The molecule has 1 saturated heterocycles. The smallest absolute Gasteiger partial charge is 0.410 e. The quantitative estimate of drug-likeness (QED) is 0.735. The van der Waals surface area contributed by atoms with Gasteiger partial charge in [0.15, 0.2) is 0 Å². The number of nitrogens with zero attached hydrogens (tertiary/aromatic N) is 5. The topological polar surface area (TPSA) is 70.9 Å². The molecule has 0 aliphatic carbocycles. The monoisotopic (exact) mass is 439 g/mol. The molecule has 1 aromatic carbocycles. The van der Waals surface area contributed by atoms with E-state index in [-0.39, 0.29) is 12.0 Å². The highest BCUT2D eigenvalue weighted by molar-refractivity contribution is 5.94. The zero-order valence-electron chi connectivity index (χ0n) is 19.5. The number of piperazine rings is 1. The zero-order valence-corrected chi connectivity index (χ0v) is 19.5. The van der Waals surface area contributed by atoms with E-state index in [4.69, 9.17) is 4.74 Å². The van der Waals surface area contributed by atoms with E-state index in [1.807, 2.05) is 38.8 Å². The summed E-state index contributed by atoms with van der Waals surface area (Å²) in [5.41, 5.74) is 3.07. The van der Waals surface area contributed by atoms with Gasteiger partial charge in [0.05, 0.1) is 12.2 Å². The summed E-state index contributed by atoms with van der Waals surface area (Å²) in [7, 11) is 1.81. The Bertz CT molecular complexity index is 972. The molecule has 1 aromatic heterocycles. The van der Waals surface area contributed by atoms with Crippen LogP contribution in [0.3, 0.4) is 0 Å². The van der Waals surface area contributed by atoms with Gasteiger partial charge in [-0.3, -0.25) is 14.4 Å². The van der Waals surface area contributed by atoms with Gasteiger partial charge in [0, 0.05) is 58.3 Å². The Labute approximate surface area is 189 Å². The van der Waals surface area contributed by atoms with Crippen LogP contribution in [-0.2, 0) is 31.3 Å².